The smallest absolute Gasteiger partial charge is 0.207 e. The number of benzene rings is 1. The molecule has 0 bridgehead atoms. The van der Waals surface area contributed by atoms with Crippen molar-refractivity contribution in [2.75, 3.05) is 5.32 Å². The Morgan fingerprint density at radius 2 is 1.90 bits per heavy atom. The standard InChI is InChI=1S/C18H25N3/c1-13-8-7-11-17(15(13)3)20-18-19-14(2)12-21(18)16-9-5-4-6-10-16/h4-6,9-10,12-13,15,17H,7-8,11H2,1-3H3,(H,19,20). The predicted octanol–water partition coefficient (Wildman–Crippen LogP) is 4.42. The van der Waals surface area contributed by atoms with Gasteiger partial charge in [-0.25, -0.2) is 4.98 Å². The van der Waals surface area contributed by atoms with E-state index in [0.29, 0.717) is 12.0 Å². The summed E-state index contributed by atoms with van der Waals surface area (Å²) in [6, 6.07) is 11.0. The number of anilines is 1. The van der Waals surface area contributed by atoms with E-state index in [1.807, 2.05) is 6.07 Å². The molecule has 1 saturated carbocycles. The average Bonchev–Trinajstić information content (AvgIpc) is 2.86. The van der Waals surface area contributed by atoms with Gasteiger partial charge in [0.05, 0.1) is 5.69 Å². The molecular weight excluding hydrogens is 258 g/mol. The van der Waals surface area contributed by atoms with Gasteiger partial charge in [0.15, 0.2) is 0 Å². The molecule has 0 aliphatic heterocycles. The highest BCUT2D eigenvalue weighted by molar-refractivity contribution is 5.43. The molecule has 1 N–H and O–H groups in total. The first kappa shape index (κ1) is 14.2. The molecule has 3 atom stereocenters. The number of nitrogens with one attached hydrogen (secondary N) is 1. The van der Waals surface area contributed by atoms with Crippen LogP contribution in [0.5, 0.6) is 0 Å². The SMILES string of the molecule is Cc1cn(-c2ccccc2)c(NC2CCCC(C)C2C)n1. The third kappa shape index (κ3) is 2.97. The minimum Gasteiger partial charge on any atom is -0.352 e. The largest absolute Gasteiger partial charge is 0.352 e. The third-order valence-corrected chi connectivity index (χ3v) is 4.88. The Bertz CT molecular complexity index is 588. The van der Waals surface area contributed by atoms with E-state index in [1.54, 1.807) is 0 Å². The summed E-state index contributed by atoms with van der Waals surface area (Å²) in [7, 11) is 0. The number of rotatable bonds is 3. The van der Waals surface area contributed by atoms with Gasteiger partial charge >= 0.3 is 0 Å². The first-order chi connectivity index (χ1) is 10.1. The molecule has 3 heteroatoms. The van der Waals surface area contributed by atoms with Crippen LogP contribution in [0.1, 0.15) is 38.8 Å². The van der Waals surface area contributed by atoms with E-state index in [1.165, 1.54) is 19.3 Å². The minimum atomic E-state index is 0.526. The van der Waals surface area contributed by atoms with Crippen molar-refractivity contribution in [2.45, 2.75) is 46.1 Å². The zero-order valence-corrected chi connectivity index (χ0v) is 13.2. The molecule has 1 heterocycles. The second-order valence-corrected chi connectivity index (χ2v) is 6.43. The molecule has 0 saturated heterocycles. The summed E-state index contributed by atoms with van der Waals surface area (Å²) in [6.45, 7) is 6.79. The molecule has 1 fully saturated rings. The van der Waals surface area contributed by atoms with Crippen molar-refractivity contribution >= 4 is 5.95 Å². The predicted molar refractivity (Wildman–Crippen MR) is 87.9 cm³/mol. The Hall–Kier alpha value is -1.77. The molecule has 112 valence electrons. The van der Waals surface area contributed by atoms with Crippen LogP contribution in [0.15, 0.2) is 36.5 Å². The van der Waals surface area contributed by atoms with Gasteiger partial charge in [-0.3, -0.25) is 4.57 Å². The molecule has 1 aromatic carbocycles. The summed E-state index contributed by atoms with van der Waals surface area (Å²) in [6.07, 6.45) is 6.01. The summed E-state index contributed by atoms with van der Waals surface area (Å²) in [5.41, 5.74) is 2.22. The first-order valence-electron chi connectivity index (χ1n) is 8.03. The van der Waals surface area contributed by atoms with Crippen LogP contribution < -0.4 is 5.32 Å². The van der Waals surface area contributed by atoms with Crippen LogP contribution in [0.2, 0.25) is 0 Å². The number of hydrogen-bond donors (Lipinski definition) is 1. The molecule has 1 aromatic heterocycles. The van der Waals surface area contributed by atoms with Crippen LogP contribution in [0.3, 0.4) is 0 Å². The third-order valence-electron chi connectivity index (χ3n) is 4.88. The second kappa shape index (κ2) is 5.92. The lowest BCUT2D eigenvalue weighted by Crippen LogP contribution is -2.35. The van der Waals surface area contributed by atoms with Crippen molar-refractivity contribution in [3.63, 3.8) is 0 Å². The highest BCUT2D eigenvalue weighted by Crippen LogP contribution is 2.31. The number of nitrogens with zero attached hydrogens (tertiary/aromatic N) is 2. The van der Waals surface area contributed by atoms with E-state index in [9.17, 15) is 0 Å². The van der Waals surface area contributed by atoms with E-state index < -0.39 is 0 Å². The summed E-state index contributed by atoms with van der Waals surface area (Å²) in [4.78, 5) is 4.69. The number of hydrogen-bond acceptors (Lipinski definition) is 2. The van der Waals surface area contributed by atoms with Crippen molar-refractivity contribution < 1.29 is 0 Å². The molecule has 3 nitrogen and oxygen atoms in total. The van der Waals surface area contributed by atoms with Gasteiger partial charge in [0.1, 0.15) is 0 Å². The molecule has 21 heavy (non-hydrogen) atoms. The summed E-state index contributed by atoms with van der Waals surface area (Å²) < 4.78 is 2.17. The maximum Gasteiger partial charge on any atom is 0.207 e. The lowest BCUT2D eigenvalue weighted by Gasteiger charge is -2.34. The fourth-order valence-electron chi connectivity index (χ4n) is 3.34. The molecule has 0 radical (unpaired) electrons. The monoisotopic (exact) mass is 283 g/mol. The molecular formula is C18H25N3. The molecule has 3 rings (SSSR count). The molecule has 1 aliphatic rings. The van der Waals surface area contributed by atoms with E-state index >= 15 is 0 Å². The minimum absolute atomic E-state index is 0.526. The Balaban J connectivity index is 1.86. The number of aromatic nitrogens is 2. The van der Waals surface area contributed by atoms with Crippen molar-refractivity contribution in [1.29, 1.82) is 0 Å². The average molecular weight is 283 g/mol. The van der Waals surface area contributed by atoms with E-state index in [-0.39, 0.29) is 0 Å². The molecule has 0 spiro atoms. The summed E-state index contributed by atoms with van der Waals surface area (Å²) >= 11 is 0. The van der Waals surface area contributed by atoms with Crippen molar-refractivity contribution in [1.82, 2.24) is 9.55 Å². The van der Waals surface area contributed by atoms with Gasteiger partial charge in [-0.15, -0.1) is 0 Å². The van der Waals surface area contributed by atoms with Crippen molar-refractivity contribution in [3.05, 3.63) is 42.2 Å². The van der Waals surface area contributed by atoms with Crippen LogP contribution in [-0.2, 0) is 0 Å². The zero-order valence-electron chi connectivity index (χ0n) is 13.2. The van der Waals surface area contributed by atoms with Gasteiger partial charge in [0, 0.05) is 17.9 Å². The fraction of sp³-hybridized carbons (Fsp3) is 0.500. The van der Waals surface area contributed by atoms with Gasteiger partial charge < -0.3 is 5.32 Å². The second-order valence-electron chi connectivity index (χ2n) is 6.43. The highest BCUT2D eigenvalue weighted by Gasteiger charge is 2.28. The Kier molecular flexibility index (Phi) is 4.00. The molecule has 2 aromatic rings. The van der Waals surface area contributed by atoms with Crippen molar-refractivity contribution in [3.8, 4) is 5.69 Å². The quantitative estimate of drug-likeness (QED) is 0.903. The van der Waals surface area contributed by atoms with E-state index in [2.05, 4.69) is 61.1 Å². The fourth-order valence-corrected chi connectivity index (χ4v) is 3.34. The van der Waals surface area contributed by atoms with E-state index in [0.717, 1.165) is 23.2 Å². The summed E-state index contributed by atoms with van der Waals surface area (Å²) in [5.74, 6) is 2.46. The first-order valence-corrected chi connectivity index (χ1v) is 8.03. The van der Waals surface area contributed by atoms with Gasteiger partial charge in [-0.05, 0) is 37.3 Å². The van der Waals surface area contributed by atoms with Gasteiger partial charge in [0.25, 0.3) is 0 Å². The van der Waals surface area contributed by atoms with Crippen LogP contribution in [-0.4, -0.2) is 15.6 Å². The van der Waals surface area contributed by atoms with Crippen LogP contribution in [0.25, 0.3) is 5.69 Å². The van der Waals surface area contributed by atoms with Crippen LogP contribution >= 0.6 is 0 Å². The highest BCUT2D eigenvalue weighted by atomic mass is 15.2. The number of imidazole rings is 1. The summed E-state index contributed by atoms with van der Waals surface area (Å²) in [5, 5.41) is 3.70. The maximum atomic E-state index is 4.69. The lowest BCUT2D eigenvalue weighted by molar-refractivity contribution is 0.252. The topological polar surface area (TPSA) is 29.9 Å². The number of aryl methyl sites for hydroxylation is 1. The number of para-hydroxylation sites is 1. The maximum absolute atomic E-state index is 4.69. The van der Waals surface area contributed by atoms with Crippen molar-refractivity contribution in [2.24, 2.45) is 11.8 Å². The van der Waals surface area contributed by atoms with Gasteiger partial charge in [0.2, 0.25) is 5.95 Å². The molecule has 0 amide bonds. The molecule has 1 aliphatic carbocycles. The Morgan fingerprint density at radius 1 is 1.14 bits per heavy atom. The van der Waals surface area contributed by atoms with Crippen LogP contribution in [0, 0.1) is 18.8 Å². The van der Waals surface area contributed by atoms with Gasteiger partial charge in [-0.2, -0.15) is 0 Å². The van der Waals surface area contributed by atoms with Crippen LogP contribution in [0.4, 0.5) is 5.95 Å². The Labute approximate surface area is 127 Å². The zero-order chi connectivity index (χ0) is 14.8. The van der Waals surface area contributed by atoms with Gasteiger partial charge in [-0.1, -0.05) is 44.9 Å². The lowest BCUT2D eigenvalue weighted by atomic mass is 9.78. The van der Waals surface area contributed by atoms with E-state index in [4.69, 9.17) is 4.98 Å². The normalized spacial score (nSPS) is 25.8. The Morgan fingerprint density at radius 3 is 2.67 bits per heavy atom. The molecule has 3 unspecified atom stereocenters.